The third kappa shape index (κ3) is 1.71. The molecule has 1 aromatic rings. The second-order valence-electron chi connectivity index (χ2n) is 4.61. The van der Waals surface area contributed by atoms with Crippen molar-refractivity contribution in [3.63, 3.8) is 0 Å². The summed E-state index contributed by atoms with van der Waals surface area (Å²) in [6.45, 7) is 10.9. The monoisotopic (exact) mass is 166 g/mol. The third-order valence-corrected chi connectivity index (χ3v) is 2.00. The Morgan fingerprint density at radius 1 is 1.25 bits per heavy atom. The molecular weight excluding hydrogens is 148 g/mol. The maximum atomic E-state index is 5.49. The van der Waals surface area contributed by atoms with Crippen molar-refractivity contribution < 1.29 is 4.42 Å². The molecule has 0 unspecified atom stereocenters. The minimum atomic E-state index is 0.128. The minimum absolute atomic E-state index is 0.128. The standard InChI is InChI=1S/C11H18O/c1-8(2)9-6-7-12-10(9)11(3,4)5/h6-8H,1-5H3. The molecule has 0 bridgehead atoms. The average Bonchev–Trinajstić information content (AvgIpc) is 2.30. The topological polar surface area (TPSA) is 13.1 Å². The van der Waals surface area contributed by atoms with Crippen LogP contribution in [-0.2, 0) is 5.41 Å². The Morgan fingerprint density at radius 3 is 2.17 bits per heavy atom. The Labute approximate surface area is 74.8 Å². The van der Waals surface area contributed by atoms with E-state index >= 15 is 0 Å². The van der Waals surface area contributed by atoms with Gasteiger partial charge in [-0.3, -0.25) is 0 Å². The quantitative estimate of drug-likeness (QED) is 0.620. The van der Waals surface area contributed by atoms with E-state index in [1.165, 1.54) is 5.56 Å². The van der Waals surface area contributed by atoms with Crippen molar-refractivity contribution in [2.75, 3.05) is 0 Å². The van der Waals surface area contributed by atoms with Gasteiger partial charge in [-0.1, -0.05) is 34.6 Å². The van der Waals surface area contributed by atoms with Gasteiger partial charge in [-0.2, -0.15) is 0 Å². The average molecular weight is 166 g/mol. The fourth-order valence-electron chi connectivity index (χ4n) is 1.38. The normalized spacial score (nSPS) is 12.5. The van der Waals surface area contributed by atoms with E-state index in [-0.39, 0.29) is 5.41 Å². The zero-order valence-electron chi connectivity index (χ0n) is 8.64. The first-order chi connectivity index (χ1) is 5.43. The molecule has 0 amide bonds. The summed E-state index contributed by atoms with van der Waals surface area (Å²) in [4.78, 5) is 0. The van der Waals surface area contributed by atoms with Crippen molar-refractivity contribution in [2.45, 2.75) is 46.0 Å². The number of hydrogen-bond acceptors (Lipinski definition) is 1. The highest BCUT2D eigenvalue weighted by Crippen LogP contribution is 2.30. The smallest absolute Gasteiger partial charge is 0.112 e. The second kappa shape index (κ2) is 2.96. The molecule has 0 spiro atoms. The van der Waals surface area contributed by atoms with Crippen molar-refractivity contribution >= 4 is 0 Å². The minimum Gasteiger partial charge on any atom is -0.468 e. The van der Waals surface area contributed by atoms with Crippen LogP contribution in [0.25, 0.3) is 0 Å². The van der Waals surface area contributed by atoms with Gasteiger partial charge in [-0.25, -0.2) is 0 Å². The molecule has 0 aliphatic carbocycles. The van der Waals surface area contributed by atoms with Gasteiger partial charge >= 0.3 is 0 Å². The molecule has 0 saturated heterocycles. The maximum Gasteiger partial charge on any atom is 0.112 e. The van der Waals surface area contributed by atoms with Gasteiger partial charge in [0.15, 0.2) is 0 Å². The SMILES string of the molecule is CC(C)c1ccoc1C(C)(C)C. The number of hydrogen-bond donors (Lipinski definition) is 0. The Bertz CT molecular complexity index is 250. The molecule has 0 N–H and O–H groups in total. The van der Waals surface area contributed by atoms with E-state index in [0.717, 1.165) is 5.76 Å². The van der Waals surface area contributed by atoms with Crippen molar-refractivity contribution in [3.8, 4) is 0 Å². The molecule has 0 aliphatic heterocycles. The highest BCUT2D eigenvalue weighted by Gasteiger charge is 2.22. The van der Waals surface area contributed by atoms with Crippen LogP contribution in [0.2, 0.25) is 0 Å². The van der Waals surface area contributed by atoms with Crippen molar-refractivity contribution in [1.29, 1.82) is 0 Å². The van der Waals surface area contributed by atoms with Crippen molar-refractivity contribution in [3.05, 3.63) is 23.7 Å². The Morgan fingerprint density at radius 2 is 1.83 bits per heavy atom. The van der Waals surface area contributed by atoms with Gasteiger partial charge in [0.05, 0.1) is 6.26 Å². The molecule has 68 valence electrons. The zero-order valence-corrected chi connectivity index (χ0v) is 8.64. The molecule has 1 heteroatoms. The number of furan rings is 1. The molecule has 0 atom stereocenters. The lowest BCUT2D eigenvalue weighted by Gasteiger charge is -2.18. The van der Waals surface area contributed by atoms with Crippen molar-refractivity contribution in [1.82, 2.24) is 0 Å². The van der Waals surface area contributed by atoms with Crippen LogP contribution in [0.1, 0.15) is 51.9 Å². The van der Waals surface area contributed by atoms with Gasteiger partial charge in [0, 0.05) is 5.41 Å². The fourth-order valence-corrected chi connectivity index (χ4v) is 1.38. The summed E-state index contributed by atoms with van der Waals surface area (Å²) in [5.41, 5.74) is 1.46. The van der Waals surface area contributed by atoms with Crippen LogP contribution >= 0.6 is 0 Å². The molecule has 0 fully saturated rings. The van der Waals surface area contributed by atoms with Gasteiger partial charge in [-0.15, -0.1) is 0 Å². The molecule has 12 heavy (non-hydrogen) atoms. The van der Waals surface area contributed by atoms with Gasteiger partial charge in [0.1, 0.15) is 5.76 Å². The van der Waals surface area contributed by atoms with Crippen molar-refractivity contribution in [2.24, 2.45) is 0 Å². The summed E-state index contributed by atoms with van der Waals surface area (Å²) in [7, 11) is 0. The molecule has 1 aromatic heterocycles. The van der Waals surface area contributed by atoms with E-state index in [1.807, 2.05) is 0 Å². The molecule has 1 rings (SSSR count). The lowest BCUT2D eigenvalue weighted by atomic mass is 9.87. The predicted octanol–water partition coefficient (Wildman–Crippen LogP) is 3.70. The fraction of sp³-hybridized carbons (Fsp3) is 0.636. The van der Waals surface area contributed by atoms with E-state index in [2.05, 4.69) is 40.7 Å². The van der Waals surface area contributed by atoms with E-state index in [9.17, 15) is 0 Å². The first kappa shape index (κ1) is 9.37. The molecule has 1 heterocycles. The summed E-state index contributed by atoms with van der Waals surface area (Å²) in [6, 6.07) is 2.07. The molecule has 0 saturated carbocycles. The predicted molar refractivity (Wildman–Crippen MR) is 51.5 cm³/mol. The van der Waals surface area contributed by atoms with Crippen LogP contribution in [0.3, 0.4) is 0 Å². The van der Waals surface area contributed by atoms with E-state index in [4.69, 9.17) is 4.42 Å². The number of rotatable bonds is 1. The van der Waals surface area contributed by atoms with E-state index in [0.29, 0.717) is 5.92 Å². The first-order valence-electron chi connectivity index (χ1n) is 4.51. The van der Waals surface area contributed by atoms with Crippen LogP contribution in [-0.4, -0.2) is 0 Å². The van der Waals surface area contributed by atoms with Crippen LogP contribution in [0.5, 0.6) is 0 Å². The largest absolute Gasteiger partial charge is 0.468 e. The van der Waals surface area contributed by atoms with Crippen LogP contribution in [0.4, 0.5) is 0 Å². The second-order valence-corrected chi connectivity index (χ2v) is 4.61. The van der Waals surface area contributed by atoms with Gasteiger partial charge < -0.3 is 4.42 Å². The summed E-state index contributed by atoms with van der Waals surface area (Å²) < 4.78 is 5.49. The highest BCUT2D eigenvalue weighted by atomic mass is 16.3. The first-order valence-corrected chi connectivity index (χ1v) is 4.51. The summed E-state index contributed by atoms with van der Waals surface area (Å²) in [5.74, 6) is 1.68. The Kier molecular flexibility index (Phi) is 2.31. The van der Waals surface area contributed by atoms with Gasteiger partial charge in [0.2, 0.25) is 0 Å². The van der Waals surface area contributed by atoms with Gasteiger partial charge in [0.25, 0.3) is 0 Å². The highest BCUT2D eigenvalue weighted by molar-refractivity contribution is 5.26. The molecule has 0 aromatic carbocycles. The van der Waals surface area contributed by atoms with Gasteiger partial charge in [-0.05, 0) is 17.5 Å². The van der Waals surface area contributed by atoms with E-state index in [1.54, 1.807) is 6.26 Å². The van der Waals surface area contributed by atoms with Crippen LogP contribution in [0.15, 0.2) is 16.7 Å². The maximum absolute atomic E-state index is 5.49. The summed E-state index contributed by atoms with van der Waals surface area (Å²) in [5, 5.41) is 0. The Balaban J connectivity index is 3.08. The van der Waals surface area contributed by atoms with E-state index < -0.39 is 0 Å². The zero-order chi connectivity index (χ0) is 9.35. The lowest BCUT2D eigenvalue weighted by Crippen LogP contribution is -2.12. The molecule has 0 radical (unpaired) electrons. The van der Waals surface area contributed by atoms with Crippen LogP contribution < -0.4 is 0 Å². The van der Waals surface area contributed by atoms with Crippen LogP contribution in [0, 0.1) is 0 Å². The Hall–Kier alpha value is -0.720. The molecule has 0 aliphatic rings. The third-order valence-electron chi connectivity index (χ3n) is 2.00. The molecular formula is C11H18O. The summed E-state index contributed by atoms with van der Waals surface area (Å²) >= 11 is 0. The summed E-state index contributed by atoms with van der Waals surface area (Å²) in [6.07, 6.45) is 1.79. The molecule has 1 nitrogen and oxygen atoms in total. The lowest BCUT2D eigenvalue weighted by molar-refractivity contribution is 0.402.